The van der Waals surface area contributed by atoms with Crippen LogP contribution in [0.25, 0.3) is 22.3 Å². The molecule has 1 heterocycles. The average Bonchev–Trinajstić information content (AvgIpc) is 2.84. The molecule has 2 N–H and O–H groups in total. The topological polar surface area (TPSA) is 102 Å². The van der Waals surface area contributed by atoms with Gasteiger partial charge in [0.1, 0.15) is 11.6 Å². The van der Waals surface area contributed by atoms with Crippen LogP contribution in [-0.4, -0.2) is 35.1 Å². The molecule has 0 bridgehead atoms. The van der Waals surface area contributed by atoms with Crippen LogP contribution in [0, 0.1) is 5.82 Å². The fourth-order valence-electron chi connectivity index (χ4n) is 3.62. The Bertz CT molecular complexity index is 1480. The molecule has 0 fully saturated rings. The number of carbonyl (C=O) groups excluding carboxylic acids is 2. The van der Waals surface area contributed by atoms with E-state index in [1.165, 1.54) is 30.7 Å². The highest BCUT2D eigenvalue weighted by atomic mass is 19.1. The lowest BCUT2D eigenvalue weighted by Gasteiger charge is -2.14. The molecular weight excluding hydrogens is 451 g/mol. The van der Waals surface area contributed by atoms with E-state index in [4.69, 9.17) is 4.74 Å². The molecule has 0 aliphatic carbocycles. The van der Waals surface area contributed by atoms with Gasteiger partial charge in [-0.1, -0.05) is 12.1 Å². The number of carbonyl (C=O) groups is 2. The summed E-state index contributed by atoms with van der Waals surface area (Å²) in [7, 11) is 1.53. The van der Waals surface area contributed by atoms with Crippen LogP contribution in [0.2, 0.25) is 0 Å². The Labute approximate surface area is 203 Å². The lowest BCUT2D eigenvalue weighted by molar-refractivity contribution is 0.101. The summed E-state index contributed by atoms with van der Waals surface area (Å²) < 4.78 is 20.0. The summed E-state index contributed by atoms with van der Waals surface area (Å²) in [6, 6.07) is 16.6. The molecule has 2 amide bonds. The van der Waals surface area contributed by atoms with Crippen molar-refractivity contribution in [1.29, 1.82) is 0 Å². The second kappa shape index (κ2) is 10.3. The molecule has 0 unspecified atom stereocenters. The number of halogens is 1. The fraction of sp³-hybridized carbons (Fsp3) is 0.154. The third-order valence-corrected chi connectivity index (χ3v) is 5.36. The van der Waals surface area contributed by atoms with Crippen molar-refractivity contribution in [3.05, 3.63) is 88.5 Å². The van der Waals surface area contributed by atoms with E-state index in [0.717, 1.165) is 0 Å². The van der Waals surface area contributed by atoms with Crippen molar-refractivity contribution in [3.8, 4) is 11.4 Å². The standard InChI is InChI=1S/C26H23FN4O4.2H2/c1-16(32)18-4-3-5-20(14-18)28-26(34)29-21-10-11-23-22(15-21)25(33)31(12-13-35-2)24(30-23)17-6-8-19(27)9-7-17;;/h3-11,14-15H,12-13H2,1-2H3,(H2,28,29,34);2*1H. The Hall–Kier alpha value is -4.37. The van der Waals surface area contributed by atoms with Gasteiger partial charge in [0, 0.05) is 32.5 Å². The number of nitrogens with one attached hydrogen (secondary N) is 2. The molecule has 0 aliphatic heterocycles. The maximum atomic E-state index is 13.4. The molecule has 0 spiro atoms. The first kappa shape index (κ1) is 23.8. The molecule has 0 aliphatic rings. The van der Waals surface area contributed by atoms with E-state index in [9.17, 15) is 18.8 Å². The molecule has 8 nitrogen and oxygen atoms in total. The van der Waals surface area contributed by atoms with E-state index in [2.05, 4.69) is 15.6 Å². The van der Waals surface area contributed by atoms with Gasteiger partial charge in [0.15, 0.2) is 5.78 Å². The van der Waals surface area contributed by atoms with Crippen molar-refractivity contribution in [1.82, 2.24) is 9.55 Å². The highest BCUT2D eigenvalue weighted by Crippen LogP contribution is 2.22. The van der Waals surface area contributed by atoms with Gasteiger partial charge < -0.3 is 15.4 Å². The quantitative estimate of drug-likeness (QED) is 0.356. The molecule has 1 aromatic heterocycles. The third kappa shape index (κ3) is 5.42. The van der Waals surface area contributed by atoms with Gasteiger partial charge >= 0.3 is 6.03 Å². The van der Waals surface area contributed by atoms with Crippen molar-refractivity contribution >= 4 is 34.1 Å². The zero-order valence-electron chi connectivity index (χ0n) is 19.2. The highest BCUT2D eigenvalue weighted by Gasteiger charge is 2.14. The van der Waals surface area contributed by atoms with E-state index in [1.807, 2.05) is 0 Å². The predicted molar refractivity (Wildman–Crippen MR) is 137 cm³/mol. The van der Waals surface area contributed by atoms with E-state index >= 15 is 0 Å². The number of amides is 2. The Morgan fingerprint density at radius 2 is 1.74 bits per heavy atom. The van der Waals surface area contributed by atoms with Gasteiger partial charge in [-0.3, -0.25) is 14.2 Å². The third-order valence-electron chi connectivity index (χ3n) is 5.36. The first-order valence-electron chi connectivity index (χ1n) is 10.8. The number of benzene rings is 3. The normalized spacial score (nSPS) is 10.8. The molecule has 4 rings (SSSR count). The molecular formula is C26H27FN4O4. The average molecular weight is 479 g/mol. The first-order chi connectivity index (χ1) is 16.9. The van der Waals surface area contributed by atoms with Gasteiger partial charge in [0.25, 0.3) is 5.56 Å². The lowest BCUT2D eigenvalue weighted by atomic mass is 10.1. The molecule has 0 saturated carbocycles. The van der Waals surface area contributed by atoms with Crippen LogP contribution in [0.1, 0.15) is 20.1 Å². The summed E-state index contributed by atoms with van der Waals surface area (Å²) in [4.78, 5) is 42.1. The molecule has 3 aromatic carbocycles. The van der Waals surface area contributed by atoms with Gasteiger partial charge in [-0.15, -0.1) is 0 Å². The Morgan fingerprint density at radius 1 is 1.03 bits per heavy atom. The number of anilines is 2. The minimum absolute atomic E-state index is 0. The van der Waals surface area contributed by atoms with Crippen molar-refractivity contribution < 1.29 is 21.6 Å². The SMILES string of the molecule is COCCn1c(-c2ccc(F)cc2)nc2ccc(NC(=O)Nc3cccc(C(C)=O)c3)cc2c1=O.[HH].[HH]. The van der Waals surface area contributed by atoms with Gasteiger partial charge in [0.2, 0.25) is 0 Å². The molecule has 9 heteroatoms. The molecule has 182 valence electrons. The van der Waals surface area contributed by atoms with Crippen LogP contribution in [0.4, 0.5) is 20.6 Å². The van der Waals surface area contributed by atoms with Gasteiger partial charge in [-0.25, -0.2) is 14.2 Å². The summed E-state index contributed by atoms with van der Waals surface area (Å²) >= 11 is 0. The number of hydrogen-bond donors (Lipinski definition) is 2. The number of fused-ring (bicyclic) bond motifs is 1. The minimum atomic E-state index is -0.527. The fourth-order valence-corrected chi connectivity index (χ4v) is 3.62. The number of nitrogens with zero attached hydrogens (tertiary/aromatic N) is 2. The summed E-state index contributed by atoms with van der Waals surface area (Å²) in [5.74, 6) is -0.105. The second-order valence-electron chi connectivity index (χ2n) is 7.84. The predicted octanol–water partition coefficient (Wildman–Crippen LogP) is 5.19. The first-order valence-corrected chi connectivity index (χ1v) is 10.8. The van der Waals surface area contributed by atoms with Crippen molar-refractivity contribution in [2.45, 2.75) is 13.5 Å². The van der Waals surface area contributed by atoms with E-state index in [0.29, 0.717) is 39.2 Å². The van der Waals surface area contributed by atoms with Gasteiger partial charge in [-0.2, -0.15) is 0 Å². The zero-order chi connectivity index (χ0) is 24.9. The summed E-state index contributed by atoms with van der Waals surface area (Å²) in [6.45, 7) is 1.97. The number of aromatic nitrogens is 2. The summed E-state index contributed by atoms with van der Waals surface area (Å²) in [6.07, 6.45) is 0. The van der Waals surface area contributed by atoms with E-state index in [-0.39, 0.29) is 33.2 Å². The number of hydrogen-bond acceptors (Lipinski definition) is 5. The van der Waals surface area contributed by atoms with E-state index < -0.39 is 6.03 Å². The molecule has 0 saturated heterocycles. The molecule has 4 aromatic rings. The molecule has 35 heavy (non-hydrogen) atoms. The second-order valence-corrected chi connectivity index (χ2v) is 7.84. The van der Waals surface area contributed by atoms with Crippen molar-refractivity contribution in [2.24, 2.45) is 0 Å². The van der Waals surface area contributed by atoms with Crippen LogP contribution >= 0.6 is 0 Å². The summed E-state index contributed by atoms with van der Waals surface area (Å²) in [5, 5.41) is 5.68. The maximum absolute atomic E-state index is 13.4. The smallest absolute Gasteiger partial charge is 0.323 e. The number of Topliss-reactive ketones (excluding diaryl/α,β-unsaturated/α-hetero) is 1. The monoisotopic (exact) mass is 478 g/mol. The number of ketones is 1. The molecule has 0 atom stereocenters. The minimum Gasteiger partial charge on any atom is -0.383 e. The van der Waals surface area contributed by atoms with Crippen LogP contribution in [0.3, 0.4) is 0 Å². The van der Waals surface area contributed by atoms with Crippen LogP contribution in [-0.2, 0) is 11.3 Å². The van der Waals surface area contributed by atoms with E-state index in [1.54, 1.807) is 54.6 Å². The zero-order valence-corrected chi connectivity index (χ0v) is 19.2. The van der Waals surface area contributed by atoms with Crippen molar-refractivity contribution in [2.75, 3.05) is 24.4 Å². The largest absolute Gasteiger partial charge is 0.383 e. The lowest BCUT2D eigenvalue weighted by Crippen LogP contribution is -2.26. The Kier molecular flexibility index (Phi) is 6.98. The van der Waals surface area contributed by atoms with Gasteiger partial charge in [-0.05, 0) is 61.5 Å². The van der Waals surface area contributed by atoms with Gasteiger partial charge in [0.05, 0.1) is 24.1 Å². The Morgan fingerprint density at radius 3 is 2.43 bits per heavy atom. The maximum Gasteiger partial charge on any atom is 0.323 e. The Balaban J connectivity index is 0.00000241. The summed E-state index contributed by atoms with van der Waals surface area (Å²) in [5.41, 5.74) is 2.05. The number of rotatable bonds is 7. The van der Waals surface area contributed by atoms with Crippen LogP contribution in [0.15, 0.2) is 71.5 Å². The van der Waals surface area contributed by atoms with Crippen molar-refractivity contribution in [3.63, 3.8) is 0 Å². The van der Waals surface area contributed by atoms with Crippen LogP contribution < -0.4 is 16.2 Å². The molecule has 0 radical (unpaired) electrons. The number of methoxy groups -OCH3 is 1. The highest BCUT2D eigenvalue weighted by molar-refractivity contribution is 6.02. The van der Waals surface area contributed by atoms with Crippen LogP contribution in [0.5, 0.6) is 0 Å². The number of urea groups is 1. The number of ether oxygens (including phenoxy) is 1.